The Morgan fingerprint density at radius 2 is 1.76 bits per heavy atom. The minimum absolute atomic E-state index is 0.157. The smallest absolute Gasteiger partial charge is 0.194 e. The maximum atomic E-state index is 12.5. The molecule has 3 rings (SSSR count). The summed E-state index contributed by atoms with van der Waals surface area (Å²) in [5.41, 5.74) is 4.02. The van der Waals surface area contributed by atoms with E-state index in [1.807, 2.05) is 36.4 Å². The molecule has 2 aromatic rings. The zero-order chi connectivity index (χ0) is 11.8. The number of thioether (sulfide) groups is 1. The average molecular weight is 240 g/mol. The van der Waals surface area contributed by atoms with Crippen LogP contribution in [0.15, 0.2) is 47.4 Å². The molecule has 0 amide bonds. The van der Waals surface area contributed by atoms with Crippen molar-refractivity contribution >= 4 is 17.5 Å². The summed E-state index contributed by atoms with van der Waals surface area (Å²) in [5.74, 6) is 1.03. The molecule has 0 atom stereocenters. The molecule has 0 N–H and O–H groups in total. The van der Waals surface area contributed by atoms with Gasteiger partial charge in [0.25, 0.3) is 0 Å². The molecule has 0 spiro atoms. The Bertz CT molecular complexity index is 602. The first-order chi connectivity index (χ1) is 8.27. The zero-order valence-corrected chi connectivity index (χ0v) is 10.4. The molecule has 1 aliphatic rings. The van der Waals surface area contributed by atoms with Gasteiger partial charge in [-0.2, -0.15) is 0 Å². The van der Waals surface area contributed by atoms with Crippen LogP contribution in [0.5, 0.6) is 0 Å². The molecule has 1 heterocycles. The van der Waals surface area contributed by atoms with Crippen LogP contribution in [0, 0.1) is 6.92 Å². The second-order valence-corrected chi connectivity index (χ2v) is 5.21. The van der Waals surface area contributed by atoms with E-state index in [0.717, 1.165) is 27.3 Å². The van der Waals surface area contributed by atoms with Crippen molar-refractivity contribution in [1.82, 2.24) is 0 Å². The Labute approximate surface area is 105 Å². The van der Waals surface area contributed by atoms with E-state index in [0.29, 0.717) is 0 Å². The van der Waals surface area contributed by atoms with E-state index < -0.39 is 0 Å². The number of aryl methyl sites for hydroxylation is 1. The third-order valence-electron chi connectivity index (χ3n) is 3.09. The number of fused-ring (bicyclic) bond motifs is 2. The van der Waals surface area contributed by atoms with Crippen molar-refractivity contribution in [2.75, 3.05) is 0 Å². The standard InChI is InChI=1S/C15H12OS/c1-10-5-4-8-13-14(16)12-7-3-2-6-11(12)9-17-15(10)13/h2-8H,9H2,1H3. The van der Waals surface area contributed by atoms with E-state index in [4.69, 9.17) is 0 Å². The molecule has 1 aliphatic heterocycles. The van der Waals surface area contributed by atoms with Crippen molar-refractivity contribution in [2.24, 2.45) is 0 Å². The van der Waals surface area contributed by atoms with Gasteiger partial charge in [0, 0.05) is 21.8 Å². The fourth-order valence-corrected chi connectivity index (χ4v) is 3.35. The number of carbonyl (C=O) groups excluding carboxylic acids is 1. The summed E-state index contributed by atoms with van der Waals surface area (Å²) in [6.45, 7) is 2.06. The monoisotopic (exact) mass is 240 g/mol. The number of carbonyl (C=O) groups is 1. The largest absolute Gasteiger partial charge is 0.289 e. The lowest BCUT2D eigenvalue weighted by Gasteiger charge is -2.06. The second-order valence-electron chi connectivity index (χ2n) is 4.23. The first-order valence-corrected chi connectivity index (χ1v) is 6.61. The summed E-state index contributed by atoms with van der Waals surface area (Å²) in [7, 11) is 0. The van der Waals surface area contributed by atoms with Crippen LogP contribution < -0.4 is 0 Å². The zero-order valence-electron chi connectivity index (χ0n) is 9.57. The second kappa shape index (κ2) is 4.04. The highest BCUT2D eigenvalue weighted by atomic mass is 32.2. The lowest BCUT2D eigenvalue weighted by atomic mass is 9.98. The van der Waals surface area contributed by atoms with Crippen molar-refractivity contribution < 1.29 is 4.79 Å². The molecule has 2 aromatic carbocycles. The Hall–Kier alpha value is -1.54. The number of hydrogen-bond acceptors (Lipinski definition) is 2. The van der Waals surface area contributed by atoms with E-state index in [1.165, 1.54) is 5.56 Å². The van der Waals surface area contributed by atoms with Gasteiger partial charge >= 0.3 is 0 Å². The van der Waals surface area contributed by atoms with Gasteiger partial charge in [-0.25, -0.2) is 0 Å². The number of benzene rings is 2. The quantitative estimate of drug-likeness (QED) is 0.696. The molecule has 0 aliphatic carbocycles. The maximum Gasteiger partial charge on any atom is 0.194 e. The molecule has 0 bridgehead atoms. The predicted molar refractivity (Wildman–Crippen MR) is 70.6 cm³/mol. The summed E-state index contributed by atoms with van der Waals surface area (Å²) in [5, 5.41) is 0. The lowest BCUT2D eigenvalue weighted by Crippen LogP contribution is -2.03. The fraction of sp³-hybridized carbons (Fsp3) is 0.133. The molecule has 0 fully saturated rings. The van der Waals surface area contributed by atoms with Crippen molar-refractivity contribution in [3.05, 3.63) is 64.7 Å². The third-order valence-corrected chi connectivity index (χ3v) is 4.38. The normalized spacial score (nSPS) is 13.8. The highest BCUT2D eigenvalue weighted by Crippen LogP contribution is 2.35. The summed E-state index contributed by atoms with van der Waals surface area (Å²) in [6.07, 6.45) is 0. The van der Waals surface area contributed by atoms with Crippen molar-refractivity contribution in [2.45, 2.75) is 17.6 Å². The number of ketones is 1. The Morgan fingerprint density at radius 3 is 2.65 bits per heavy atom. The van der Waals surface area contributed by atoms with Crippen LogP contribution in [0.4, 0.5) is 0 Å². The molecule has 0 saturated heterocycles. The SMILES string of the molecule is Cc1cccc2c1SCc1ccccc1C2=O. The van der Waals surface area contributed by atoms with Gasteiger partial charge in [-0.05, 0) is 24.1 Å². The first-order valence-electron chi connectivity index (χ1n) is 5.62. The minimum Gasteiger partial charge on any atom is -0.289 e. The maximum absolute atomic E-state index is 12.5. The summed E-state index contributed by atoms with van der Waals surface area (Å²) >= 11 is 1.76. The average Bonchev–Trinajstić information content (AvgIpc) is 2.50. The van der Waals surface area contributed by atoms with Crippen LogP contribution in [-0.2, 0) is 5.75 Å². The van der Waals surface area contributed by atoms with E-state index >= 15 is 0 Å². The van der Waals surface area contributed by atoms with Gasteiger partial charge in [0.1, 0.15) is 0 Å². The van der Waals surface area contributed by atoms with Crippen LogP contribution >= 0.6 is 11.8 Å². The van der Waals surface area contributed by atoms with E-state index in [9.17, 15) is 4.79 Å². The molecule has 0 radical (unpaired) electrons. The van der Waals surface area contributed by atoms with Crippen molar-refractivity contribution in [1.29, 1.82) is 0 Å². The van der Waals surface area contributed by atoms with Crippen LogP contribution in [0.2, 0.25) is 0 Å². The van der Waals surface area contributed by atoms with Gasteiger partial charge in [-0.1, -0.05) is 36.4 Å². The van der Waals surface area contributed by atoms with Gasteiger partial charge in [0.05, 0.1) is 0 Å². The third kappa shape index (κ3) is 1.69. The van der Waals surface area contributed by atoms with E-state index in [-0.39, 0.29) is 5.78 Å². The van der Waals surface area contributed by atoms with E-state index in [1.54, 1.807) is 11.8 Å². The Kier molecular flexibility index (Phi) is 2.52. The topological polar surface area (TPSA) is 17.1 Å². The minimum atomic E-state index is 0.157. The molecule has 0 saturated carbocycles. The number of hydrogen-bond donors (Lipinski definition) is 0. The fourth-order valence-electron chi connectivity index (χ4n) is 2.19. The summed E-state index contributed by atoms with van der Waals surface area (Å²) in [4.78, 5) is 13.6. The molecular formula is C15H12OS. The first kappa shape index (κ1) is 10.6. The van der Waals surface area contributed by atoms with Gasteiger partial charge in [-0.3, -0.25) is 4.79 Å². The Balaban J connectivity index is 2.24. The van der Waals surface area contributed by atoms with Crippen LogP contribution in [0.3, 0.4) is 0 Å². The summed E-state index contributed by atoms with van der Waals surface area (Å²) < 4.78 is 0. The van der Waals surface area contributed by atoms with Crippen molar-refractivity contribution in [3.8, 4) is 0 Å². The van der Waals surface area contributed by atoms with Gasteiger partial charge < -0.3 is 0 Å². The molecule has 2 heteroatoms. The van der Waals surface area contributed by atoms with E-state index in [2.05, 4.69) is 13.0 Å². The lowest BCUT2D eigenvalue weighted by molar-refractivity contribution is 0.103. The molecule has 0 unspecified atom stereocenters. The molecule has 1 nitrogen and oxygen atoms in total. The van der Waals surface area contributed by atoms with Crippen LogP contribution in [-0.4, -0.2) is 5.78 Å². The van der Waals surface area contributed by atoms with Gasteiger partial charge in [-0.15, -0.1) is 11.8 Å². The molecule has 0 aromatic heterocycles. The van der Waals surface area contributed by atoms with Crippen LogP contribution in [0.25, 0.3) is 0 Å². The van der Waals surface area contributed by atoms with Crippen LogP contribution in [0.1, 0.15) is 27.0 Å². The van der Waals surface area contributed by atoms with Gasteiger partial charge in [0.2, 0.25) is 0 Å². The molecule has 84 valence electrons. The van der Waals surface area contributed by atoms with Crippen molar-refractivity contribution in [3.63, 3.8) is 0 Å². The molecular weight excluding hydrogens is 228 g/mol. The summed E-state index contributed by atoms with van der Waals surface area (Å²) in [6, 6.07) is 13.9. The highest BCUT2D eigenvalue weighted by Gasteiger charge is 2.21. The highest BCUT2D eigenvalue weighted by molar-refractivity contribution is 7.98. The Morgan fingerprint density at radius 1 is 1.00 bits per heavy atom. The number of rotatable bonds is 0. The molecule has 17 heavy (non-hydrogen) atoms. The predicted octanol–water partition coefficient (Wildman–Crippen LogP) is 3.83. The van der Waals surface area contributed by atoms with Gasteiger partial charge in [0.15, 0.2) is 5.78 Å².